The van der Waals surface area contributed by atoms with Crippen LogP contribution in [0.25, 0.3) is 11.0 Å². The van der Waals surface area contributed by atoms with E-state index in [4.69, 9.17) is 16.6 Å². The number of aromatic nitrogens is 3. The highest BCUT2D eigenvalue weighted by molar-refractivity contribution is 7.97. The number of fused-ring (bicyclic) bond motifs is 1. The van der Waals surface area contributed by atoms with E-state index in [-0.39, 0.29) is 16.6 Å². The van der Waals surface area contributed by atoms with Crippen molar-refractivity contribution < 1.29 is 0 Å². The van der Waals surface area contributed by atoms with Crippen molar-refractivity contribution in [1.29, 1.82) is 0 Å². The highest BCUT2D eigenvalue weighted by atomic mass is 35.5. The quantitative estimate of drug-likeness (QED) is 0.449. The van der Waals surface area contributed by atoms with Crippen molar-refractivity contribution in [2.75, 3.05) is 18.4 Å². The zero-order chi connectivity index (χ0) is 22.2. The van der Waals surface area contributed by atoms with Gasteiger partial charge in [-0.1, -0.05) is 37.8 Å². The highest BCUT2D eigenvalue weighted by Gasteiger charge is 2.26. The van der Waals surface area contributed by atoms with Gasteiger partial charge in [-0.15, -0.1) is 0 Å². The Morgan fingerprint density at radius 2 is 2.00 bits per heavy atom. The summed E-state index contributed by atoms with van der Waals surface area (Å²) < 4.78 is 4.19. The standard InChI is InChI=1S/C24H28ClN5OS/c1-3-16-13-29(14-16)32-19-8-9-21(15(2)10-19)27-24-26-12-17-11-20(25)23(31)30(22(17)28-24)18-6-4-5-7-18/h8-12,16,18H,3-7,13-14H2,1-2H3,(H,26,27,28). The lowest BCUT2D eigenvalue weighted by molar-refractivity contribution is 0.214. The molecule has 0 bridgehead atoms. The lowest BCUT2D eigenvalue weighted by atomic mass is 10.0. The summed E-state index contributed by atoms with van der Waals surface area (Å²) in [5.41, 5.74) is 2.59. The van der Waals surface area contributed by atoms with Gasteiger partial charge < -0.3 is 5.32 Å². The van der Waals surface area contributed by atoms with Crippen LogP contribution in [0.15, 0.2) is 40.2 Å². The Labute approximate surface area is 197 Å². The fourth-order valence-corrected chi connectivity index (χ4v) is 6.04. The predicted octanol–water partition coefficient (Wildman–Crippen LogP) is 5.96. The molecular formula is C24H28ClN5OS. The molecular weight excluding hydrogens is 442 g/mol. The van der Waals surface area contributed by atoms with Crippen molar-refractivity contribution in [1.82, 2.24) is 18.8 Å². The number of nitrogens with zero attached hydrogens (tertiary/aromatic N) is 4. The second-order valence-electron chi connectivity index (χ2n) is 8.89. The smallest absolute Gasteiger partial charge is 0.271 e. The zero-order valence-electron chi connectivity index (χ0n) is 18.5. The second-order valence-corrected chi connectivity index (χ2v) is 10.5. The molecule has 0 amide bonds. The van der Waals surface area contributed by atoms with Crippen LogP contribution in [-0.2, 0) is 0 Å². The summed E-state index contributed by atoms with van der Waals surface area (Å²) in [4.78, 5) is 23.3. The van der Waals surface area contributed by atoms with Crippen LogP contribution in [0.4, 0.5) is 11.6 Å². The maximum atomic E-state index is 12.8. The average molecular weight is 470 g/mol. The van der Waals surface area contributed by atoms with Crippen molar-refractivity contribution in [3.63, 3.8) is 0 Å². The topological polar surface area (TPSA) is 63.1 Å². The minimum absolute atomic E-state index is 0.151. The highest BCUT2D eigenvalue weighted by Crippen LogP contribution is 2.34. The summed E-state index contributed by atoms with van der Waals surface area (Å²) >= 11 is 8.06. The molecule has 2 aliphatic rings. The van der Waals surface area contributed by atoms with Crippen LogP contribution in [0, 0.1) is 12.8 Å². The van der Waals surface area contributed by atoms with E-state index >= 15 is 0 Å². The molecule has 2 aromatic heterocycles. The molecule has 0 atom stereocenters. The van der Waals surface area contributed by atoms with E-state index in [2.05, 4.69) is 46.7 Å². The normalized spacial score (nSPS) is 17.7. The van der Waals surface area contributed by atoms with Crippen LogP contribution < -0.4 is 10.9 Å². The first kappa shape index (κ1) is 21.7. The molecule has 1 aromatic carbocycles. The van der Waals surface area contributed by atoms with Gasteiger partial charge in [-0.05, 0) is 67.5 Å². The van der Waals surface area contributed by atoms with Gasteiger partial charge >= 0.3 is 0 Å². The first-order valence-corrected chi connectivity index (χ1v) is 12.6. The molecule has 1 aliphatic carbocycles. The Morgan fingerprint density at radius 1 is 1.22 bits per heavy atom. The van der Waals surface area contributed by atoms with Crippen LogP contribution in [0.1, 0.15) is 50.6 Å². The second kappa shape index (κ2) is 9.04. The third kappa shape index (κ3) is 4.26. The largest absolute Gasteiger partial charge is 0.324 e. The number of hydrogen-bond acceptors (Lipinski definition) is 6. The molecule has 6 nitrogen and oxygen atoms in total. The minimum Gasteiger partial charge on any atom is -0.324 e. The Balaban J connectivity index is 1.40. The summed E-state index contributed by atoms with van der Waals surface area (Å²) in [7, 11) is 0. The summed E-state index contributed by atoms with van der Waals surface area (Å²) in [6.45, 7) is 6.68. The third-order valence-electron chi connectivity index (χ3n) is 6.60. The number of pyridine rings is 1. The molecule has 5 rings (SSSR count). The summed E-state index contributed by atoms with van der Waals surface area (Å²) in [6, 6.07) is 8.23. The van der Waals surface area contributed by atoms with Crippen molar-refractivity contribution in [3.8, 4) is 0 Å². The van der Waals surface area contributed by atoms with Gasteiger partial charge in [0.1, 0.15) is 10.7 Å². The van der Waals surface area contributed by atoms with E-state index in [1.807, 2.05) is 11.9 Å². The summed E-state index contributed by atoms with van der Waals surface area (Å²) in [5, 5.41) is 4.36. The van der Waals surface area contributed by atoms with Crippen LogP contribution in [0.2, 0.25) is 5.02 Å². The van der Waals surface area contributed by atoms with Gasteiger partial charge in [0.05, 0.1) is 0 Å². The summed E-state index contributed by atoms with van der Waals surface area (Å²) in [5.74, 6) is 1.33. The van der Waals surface area contributed by atoms with E-state index < -0.39 is 0 Å². The Kier molecular flexibility index (Phi) is 6.14. The van der Waals surface area contributed by atoms with Crippen LogP contribution in [0.3, 0.4) is 0 Å². The van der Waals surface area contributed by atoms with E-state index in [9.17, 15) is 4.79 Å². The van der Waals surface area contributed by atoms with Crippen molar-refractivity contribution in [2.24, 2.45) is 5.92 Å². The average Bonchev–Trinajstić information content (AvgIpc) is 3.28. The molecule has 1 saturated heterocycles. The van der Waals surface area contributed by atoms with Gasteiger partial charge in [0.15, 0.2) is 0 Å². The van der Waals surface area contributed by atoms with Gasteiger partial charge in [-0.25, -0.2) is 9.29 Å². The van der Waals surface area contributed by atoms with E-state index in [0.717, 1.165) is 61.3 Å². The van der Waals surface area contributed by atoms with E-state index in [1.165, 1.54) is 11.3 Å². The van der Waals surface area contributed by atoms with E-state index in [1.54, 1.807) is 16.8 Å². The number of anilines is 2. The molecule has 3 heterocycles. The molecule has 0 unspecified atom stereocenters. The Hall–Kier alpha value is -2.09. The van der Waals surface area contributed by atoms with Gasteiger partial charge in [-0.3, -0.25) is 9.36 Å². The lowest BCUT2D eigenvalue weighted by Crippen LogP contribution is -2.41. The predicted molar refractivity (Wildman–Crippen MR) is 132 cm³/mol. The van der Waals surface area contributed by atoms with E-state index in [0.29, 0.717) is 11.6 Å². The summed E-state index contributed by atoms with van der Waals surface area (Å²) in [6.07, 6.45) is 7.22. The molecule has 1 aliphatic heterocycles. The fourth-order valence-electron chi connectivity index (χ4n) is 4.61. The molecule has 0 radical (unpaired) electrons. The third-order valence-corrected chi connectivity index (χ3v) is 7.89. The Bertz CT molecular complexity index is 1200. The molecule has 168 valence electrons. The number of aryl methyl sites for hydroxylation is 1. The minimum atomic E-state index is -0.162. The molecule has 2 fully saturated rings. The SMILES string of the molecule is CCC1CN(Sc2ccc(Nc3ncc4cc(Cl)c(=O)n(C5CCCC5)c4n3)c(C)c2)C1. The molecule has 1 N–H and O–H groups in total. The maximum Gasteiger partial charge on any atom is 0.271 e. The number of nitrogens with one attached hydrogen (secondary N) is 1. The van der Waals surface area contributed by atoms with Gasteiger partial charge in [-0.2, -0.15) is 4.98 Å². The zero-order valence-corrected chi connectivity index (χ0v) is 20.0. The van der Waals surface area contributed by atoms with Gasteiger partial charge in [0, 0.05) is 41.3 Å². The number of hydrogen-bond donors (Lipinski definition) is 1. The molecule has 1 saturated carbocycles. The van der Waals surface area contributed by atoms with Crippen molar-refractivity contribution in [2.45, 2.75) is 56.9 Å². The Morgan fingerprint density at radius 3 is 2.72 bits per heavy atom. The van der Waals surface area contributed by atoms with Crippen LogP contribution in [0.5, 0.6) is 0 Å². The number of rotatable bonds is 6. The van der Waals surface area contributed by atoms with Gasteiger partial charge in [0.25, 0.3) is 5.56 Å². The van der Waals surface area contributed by atoms with Crippen LogP contribution >= 0.6 is 23.5 Å². The maximum absolute atomic E-state index is 12.8. The van der Waals surface area contributed by atoms with Crippen molar-refractivity contribution in [3.05, 3.63) is 51.4 Å². The molecule has 0 spiro atoms. The first-order chi connectivity index (χ1) is 15.5. The molecule has 8 heteroatoms. The molecule has 3 aromatic rings. The number of halogens is 1. The lowest BCUT2D eigenvalue weighted by Gasteiger charge is -2.37. The van der Waals surface area contributed by atoms with Gasteiger partial charge in [0.2, 0.25) is 5.95 Å². The monoisotopic (exact) mass is 469 g/mol. The fraction of sp³-hybridized carbons (Fsp3) is 0.458. The van der Waals surface area contributed by atoms with Crippen LogP contribution in [-0.4, -0.2) is 31.9 Å². The molecule has 32 heavy (non-hydrogen) atoms. The first-order valence-electron chi connectivity index (χ1n) is 11.4. The number of benzene rings is 1. The van der Waals surface area contributed by atoms with Crippen molar-refractivity contribution >= 4 is 46.2 Å².